The van der Waals surface area contributed by atoms with E-state index in [0.29, 0.717) is 53.1 Å². The molecule has 2 saturated heterocycles. The van der Waals surface area contributed by atoms with E-state index in [1.165, 1.54) is 121 Å². The normalized spacial score (nSPS) is 26.2. The fraction of sp³-hybridized carbons (Fsp3) is 0.736. The van der Waals surface area contributed by atoms with Crippen LogP contribution in [0.25, 0.3) is 0 Å². The third-order valence-corrected chi connectivity index (χ3v) is 16.0. The van der Waals surface area contributed by atoms with Gasteiger partial charge in [0.25, 0.3) is 0 Å². The minimum absolute atomic E-state index is 0.0215. The highest BCUT2D eigenvalue weighted by Crippen LogP contribution is 2.71. The smallest absolute Gasteiger partial charge is 0.343 e. The second-order valence-corrected chi connectivity index (χ2v) is 21.4. The standard InChI is InChI=1S/C53H81N3O5/c1-8-9-10-11-12-13-14-15-16-17-18-19-20-21-22-23-46(57)54-42-29-26-40(27-30-42)50(58)61-45-31-28-41-33-52-35-53(47(41)48(45)59-6)37-56(60-7)44(38(2)51(3,4)5)32-43(53)49(52)55(36-52)34-39-24-25-39/h26-31,38-39,43-44,49H,8-25,32-37H2,1-7H3,(H,54,57). The van der Waals surface area contributed by atoms with E-state index in [2.05, 4.69) is 56.0 Å². The van der Waals surface area contributed by atoms with Crippen molar-refractivity contribution in [2.24, 2.45) is 28.6 Å². The van der Waals surface area contributed by atoms with Gasteiger partial charge >= 0.3 is 5.97 Å². The molecule has 2 aromatic carbocycles. The first-order valence-electron chi connectivity index (χ1n) is 24.8. The monoisotopic (exact) mass is 840 g/mol. The van der Waals surface area contributed by atoms with Crippen LogP contribution in [0.2, 0.25) is 0 Å². The molecule has 4 fully saturated rings. The van der Waals surface area contributed by atoms with E-state index in [0.717, 1.165) is 44.6 Å². The van der Waals surface area contributed by atoms with Gasteiger partial charge in [-0.15, -0.1) is 0 Å². The molecule has 6 atom stereocenters. The number of benzene rings is 2. The van der Waals surface area contributed by atoms with Gasteiger partial charge in [0.2, 0.25) is 5.91 Å². The number of carbonyl (C=O) groups excluding carboxylic acids is 2. The van der Waals surface area contributed by atoms with E-state index in [4.69, 9.17) is 14.3 Å². The fourth-order valence-corrected chi connectivity index (χ4v) is 12.4. The fourth-order valence-electron chi connectivity index (χ4n) is 12.4. The number of hydroxylamine groups is 2. The summed E-state index contributed by atoms with van der Waals surface area (Å²) in [6.45, 7) is 15.0. The SMILES string of the molecule is CCCCCCCCCCCCCCCCCC(=O)Nc1ccc(C(=O)Oc2ccc3c(c2OC)C24CN(OC)C(C(C)C(C)(C)C)CC2C2N(CC5CC5)CC2(C3)C4)cc1. The topological polar surface area (TPSA) is 80.3 Å². The van der Waals surface area contributed by atoms with Crippen LogP contribution in [0.3, 0.4) is 0 Å². The van der Waals surface area contributed by atoms with Crippen molar-refractivity contribution in [1.29, 1.82) is 0 Å². The molecule has 0 radical (unpaired) electrons. The number of fused-ring (bicyclic) bond motifs is 2. The van der Waals surface area contributed by atoms with Crippen molar-refractivity contribution in [3.05, 3.63) is 53.1 Å². The number of rotatable bonds is 24. The zero-order valence-electron chi connectivity index (χ0n) is 39.3. The molecule has 8 heteroatoms. The number of hydrogen-bond donors (Lipinski definition) is 1. The third kappa shape index (κ3) is 10.4. The van der Waals surface area contributed by atoms with E-state index in [-0.39, 0.29) is 22.2 Å². The zero-order chi connectivity index (χ0) is 43.2. The number of esters is 1. The van der Waals surface area contributed by atoms with Gasteiger partial charge in [-0.2, -0.15) is 5.06 Å². The molecule has 2 aliphatic heterocycles. The van der Waals surface area contributed by atoms with Gasteiger partial charge in [0.05, 0.1) is 19.8 Å². The molecule has 61 heavy (non-hydrogen) atoms. The zero-order valence-corrected chi connectivity index (χ0v) is 39.3. The lowest BCUT2D eigenvalue weighted by molar-refractivity contribution is -0.218. The number of nitrogens with one attached hydrogen (secondary N) is 1. The van der Waals surface area contributed by atoms with Gasteiger partial charge in [-0.1, -0.05) is 131 Å². The Balaban J connectivity index is 0.929. The molecular formula is C53H81N3O5. The van der Waals surface area contributed by atoms with Gasteiger partial charge in [0.15, 0.2) is 11.5 Å². The molecule has 5 aliphatic rings. The van der Waals surface area contributed by atoms with Crippen LogP contribution in [-0.4, -0.2) is 67.8 Å². The summed E-state index contributed by atoms with van der Waals surface area (Å²) >= 11 is 0. The lowest BCUT2D eigenvalue weighted by atomic mass is 9.60. The molecule has 3 aliphatic carbocycles. The summed E-state index contributed by atoms with van der Waals surface area (Å²) in [5.74, 6) is 2.52. The number of amides is 1. The van der Waals surface area contributed by atoms with Gasteiger partial charge in [-0.3, -0.25) is 9.69 Å². The van der Waals surface area contributed by atoms with Crippen LogP contribution in [0.4, 0.5) is 5.69 Å². The summed E-state index contributed by atoms with van der Waals surface area (Å²) in [7, 11) is 3.57. The van der Waals surface area contributed by atoms with Crippen LogP contribution in [0.1, 0.15) is 185 Å². The Bertz CT molecular complexity index is 1770. The van der Waals surface area contributed by atoms with Gasteiger partial charge in [-0.05, 0) is 97.6 Å². The highest BCUT2D eigenvalue weighted by molar-refractivity contribution is 5.94. The Kier molecular flexibility index (Phi) is 15.3. The van der Waals surface area contributed by atoms with E-state index in [1.807, 2.05) is 13.2 Å². The highest BCUT2D eigenvalue weighted by Gasteiger charge is 2.73. The summed E-state index contributed by atoms with van der Waals surface area (Å²) in [6, 6.07) is 12.1. The molecule has 7 rings (SSSR count). The minimum atomic E-state index is -0.432. The van der Waals surface area contributed by atoms with Crippen molar-refractivity contribution in [3.63, 3.8) is 0 Å². The first kappa shape index (κ1) is 46.1. The van der Waals surface area contributed by atoms with Crippen LogP contribution < -0.4 is 14.8 Å². The Labute approximate surface area is 369 Å². The van der Waals surface area contributed by atoms with Gasteiger partial charge < -0.3 is 19.6 Å². The number of hydrogen-bond acceptors (Lipinski definition) is 7. The number of unbranched alkanes of at least 4 members (excludes halogenated alkanes) is 14. The average Bonchev–Trinajstić information content (AvgIpc) is 4.04. The second kappa shape index (κ2) is 20.3. The molecule has 2 bridgehead atoms. The van der Waals surface area contributed by atoms with Crippen LogP contribution >= 0.6 is 0 Å². The van der Waals surface area contributed by atoms with Crippen LogP contribution in [0.15, 0.2) is 36.4 Å². The molecule has 1 N–H and O–H groups in total. The highest BCUT2D eigenvalue weighted by atomic mass is 16.7. The quantitative estimate of drug-likeness (QED) is 0.0640. The number of methoxy groups -OCH3 is 1. The Hall–Kier alpha value is -2.94. The van der Waals surface area contributed by atoms with E-state index >= 15 is 0 Å². The molecule has 338 valence electrons. The van der Waals surface area contributed by atoms with E-state index in [1.54, 1.807) is 31.4 Å². The van der Waals surface area contributed by atoms with Gasteiger partial charge in [0, 0.05) is 60.2 Å². The number of piperidine rings is 1. The van der Waals surface area contributed by atoms with E-state index < -0.39 is 5.97 Å². The maximum atomic E-state index is 13.8. The summed E-state index contributed by atoms with van der Waals surface area (Å²) in [4.78, 5) is 35.7. The molecular weight excluding hydrogens is 759 g/mol. The van der Waals surface area contributed by atoms with Crippen LogP contribution in [0, 0.1) is 28.6 Å². The minimum Gasteiger partial charge on any atom is -0.493 e. The first-order valence-corrected chi connectivity index (χ1v) is 24.8. The van der Waals surface area contributed by atoms with Crippen molar-refractivity contribution in [2.45, 2.75) is 187 Å². The molecule has 8 nitrogen and oxygen atoms in total. The predicted octanol–water partition coefficient (Wildman–Crippen LogP) is 12.3. The Morgan fingerprint density at radius 1 is 0.836 bits per heavy atom. The lowest BCUT2D eigenvalue weighted by Gasteiger charge is -2.57. The van der Waals surface area contributed by atoms with Crippen molar-refractivity contribution >= 4 is 17.6 Å². The van der Waals surface area contributed by atoms with Gasteiger partial charge in [0.1, 0.15) is 0 Å². The van der Waals surface area contributed by atoms with Crippen molar-refractivity contribution in [1.82, 2.24) is 9.96 Å². The van der Waals surface area contributed by atoms with E-state index in [9.17, 15) is 9.59 Å². The summed E-state index contributed by atoms with van der Waals surface area (Å²) in [6.07, 6.45) is 26.1. The van der Waals surface area contributed by atoms with Crippen LogP contribution in [-0.2, 0) is 21.5 Å². The number of anilines is 1. The van der Waals surface area contributed by atoms with Crippen LogP contribution in [0.5, 0.6) is 11.5 Å². The number of ether oxygens (including phenoxy) is 2. The maximum absolute atomic E-state index is 13.8. The Morgan fingerprint density at radius 2 is 1.46 bits per heavy atom. The van der Waals surface area contributed by atoms with Crippen molar-refractivity contribution in [2.75, 3.05) is 39.2 Å². The summed E-state index contributed by atoms with van der Waals surface area (Å²) in [5.41, 5.74) is 3.94. The molecule has 6 unspecified atom stereocenters. The molecule has 2 spiro atoms. The Morgan fingerprint density at radius 3 is 2.03 bits per heavy atom. The number of nitrogens with zero attached hydrogens (tertiary/aromatic N) is 2. The molecule has 2 aromatic rings. The largest absolute Gasteiger partial charge is 0.493 e. The number of likely N-dealkylation sites (tertiary alicyclic amines) is 1. The lowest BCUT2D eigenvalue weighted by Crippen LogP contribution is -2.66. The second-order valence-electron chi connectivity index (χ2n) is 21.4. The van der Waals surface area contributed by atoms with Crippen molar-refractivity contribution < 1.29 is 23.9 Å². The first-order chi connectivity index (χ1) is 29.4. The third-order valence-electron chi connectivity index (χ3n) is 16.0. The predicted molar refractivity (Wildman–Crippen MR) is 247 cm³/mol. The maximum Gasteiger partial charge on any atom is 0.343 e. The molecule has 2 heterocycles. The van der Waals surface area contributed by atoms with Crippen molar-refractivity contribution in [3.8, 4) is 11.5 Å². The summed E-state index contributed by atoms with van der Waals surface area (Å²) in [5, 5.41) is 5.32. The molecule has 0 aromatic heterocycles. The number of carbonyl (C=O) groups is 2. The summed E-state index contributed by atoms with van der Waals surface area (Å²) < 4.78 is 12.6. The average molecular weight is 840 g/mol. The van der Waals surface area contributed by atoms with Gasteiger partial charge in [-0.25, -0.2) is 4.79 Å². The molecule has 1 amide bonds. The molecule has 2 saturated carbocycles.